The SMILES string of the molecule is CS(=O)(=O)c1ccc(C2CN(C(=O)c3cc4ccccc4cc3F)CCO2)cc1. The zero-order chi connectivity index (χ0) is 20.6. The van der Waals surface area contributed by atoms with Crippen molar-refractivity contribution in [3.63, 3.8) is 0 Å². The van der Waals surface area contributed by atoms with E-state index in [2.05, 4.69) is 0 Å². The van der Waals surface area contributed by atoms with Crippen LogP contribution in [-0.4, -0.2) is 45.2 Å². The summed E-state index contributed by atoms with van der Waals surface area (Å²) in [5, 5.41) is 1.55. The highest BCUT2D eigenvalue weighted by Crippen LogP contribution is 2.26. The molecule has 1 saturated heterocycles. The first-order valence-electron chi connectivity index (χ1n) is 9.22. The number of rotatable bonds is 3. The highest BCUT2D eigenvalue weighted by Gasteiger charge is 2.28. The standard InChI is InChI=1S/C22H20FNO4S/c1-29(26,27)18-8-6-15(7-9-18)21-14-24(10-11-28-21)22(25)19-12-16-4-2-3-5-17(16)13-20(19)23/h2-9,12-13,21H,10-11,14H2,1H3. The first-order chi connectivity index (χ1) is 13.8. The summed E-state index contributed by atoms with van der Waals surface area (Å²) < 4.78 is 43.6. The monoisotopic (exact) mass is 413 g/mol. The van der Waals surface area contributed by atoms with E-state index < -0.39 is 21.8 Å². The van der Waals surface area contributed by atoms with Crippen molar-refractivity contribution in [2.45, 2.75) is 11.0 Å². The summed E-state index contributed by atoms with van der Waals surface area (Å²) in [6, 6.07) is 16.7. The van der Waals surface area contributed by atoms with Crippen LogP contribution in [0.5, 0.6) is 0 Å². The minimum absolute atomic E-state index is 0.0387. The fourth-order valence-electron chi connectivity index (χ4n) is 3.51. The molecule has 7 heteroatoms. The van der Waals surface area contributed by atoms with Crippen LogP contribution in [0.15, 0.2) is 65.6 Å². The molecular weight excluding hydrogens is 393 g/mol. The van der Waals surface area contributed by atoms with Gasteiger partial charge in [0.2, 0.25) is 0 Å². The van der Waals surface area contributed by atoms with Crippen molar-refractivity contribution in [2.75, 3.05) is 26.0 Å². The van der Waals surface area contributed by atoms with Crippen LogP contribution < -0.4 is 0 Å². The molecule has 1 fully saturated rings. The number of sulfone groups is 1. The maximum absolute atomic E-state index is 14.6. The highest BCUT2D eigenvalue weighted by atomic mass is 32.2. The van der Waals surface area contributed by atoms with Crippen molar-refractivity contribution < 1.29 is 22.3 Å². The van der Waals surface area contributed by atoms with Gasteiger partial charge < -0.3 is 9.64 Å². The Morgan fingerprint density at radius 1 is 1.07 bits per heavy atom. The van der Waals surface area contributed by atoms with Gasteiger partial charge in [0.1, 0.15) is 11.9 Å². The molecular formula is C22H20FNO4S. The van der Waals surface area contributed by atoms with Gasteiger partial charge in [0.15, 0.2) is 9.84 Å². The summed E-state index contributed by atoms with van der Waals surface area (Å²) in [4.78, 5) is 14.8. The van der Waals surface area contributed by atoms with Crippen LogP contribution in [-0.2, 0) is 14.6 Å². The Bertz CT molecular complexity index is 1180. The number of carbonyl (C=O) groups excluding carboxylic acids is 1. The predicted octanol–water partition coefficient (Wildman–Crippen LogP) is 3.60. The van der Waals surface area contributed by atoms with Crippen molar-refractivity contribution in [1.29, 1.82) is 0 Å². The maximum Gasteiger partial charge on any atom is 0.257 e. The van der Waals surface area contributed by atoms with Crippen LogP contribution in [0, 0.1) is 5.82 Å². The number of hydrogen-bond donors (Lipinski definition) is 0. The number of benzene rings is 3. The fraction of sp³-hybridized carbons (Fsp3) is 0.227. The van der Waals surface area contributed by atoms with E-state index in [9.17, 15) is 17.6 Å². The van der Waals surface area contributed by atoms with E-state index in [-0.39, 0.29) is 22.9 Å². The molecule has 1 aliphatic rings. The van der Waals surface area contributed by atoms with Crippen LogP contribution in [0.1, 0.15) is 22.0 Å². The summed E-state index contributed by atoms with van der Waals surface area (Å²) >= 11 is 0. The van der Waals surface area contributed by atoms with Gasteiger partial charge >= 0.3 is 0 Å². The van der Waals surface area contributed by atoms with Crippen molar-refractivity contribution in [1.82, 2.24) is 4.90 Å². The second-order valence-electron chi connectivity index (χ2n) is 7.13. The van der Waals surface area contributed by atoms with Crippen LogP contribution in [0.2, 0.25) is 0 Å². The molecule has 5 nitrogen and oxygen atoms in total. The largest absolute Gasteiger partial charge is 0.370 e. The van der Waals surface area contributed by atoms with Crippen LogP contribution >= 0.6 is 0 Å². The molecule has 0 bridgehead atoms. The number of hydrogen-bond acceptors (Lipinski definition) is 4. The molecule has 150 valence electrons. The molecule has 0 aliphatic carbocycles. The van der Waals surface area contributed by atoms with Crippen molar-refractivity contribution >= 4 is 26.5 Å². The minimum Gasteiger partial charge on any atom is -0.370 e. The molecule has 29 heavy (non-hydrogen) atoms. The van der Waals surface area contributed by atoms with Gasteiger partial charge in [-0.25, -0.2) is 12.8 Å². The Morgan fingerprint density at radius 3 is 2.38 bits per heavy atom. The van der Waals surface area contributed by atoms with E-state index in [4.69, 9.17) is 4.74 Å². The second-order valence-corrected chi connectivity index (χ2v) is 9.15. The lowest BCUT2D eigenvalue weighted by molar-refractivity contribution is -0.0229. The predicted molar refractivity (Wildman–Crippen MR) is 108 cm³/mol. The van der Waals surface area contributed by atoms with E-state index >= 15 is 0 Å². The molecule has 4 rings (SSSR count). The molecule has 1 aliphatic heterocycles. The Hall–Kier alpha value is -2.77. The van der Waals surface area contributed by atoms with Crippen molar-refractivity contribution in [2.24, 2.45) is 0 Å². The summed E-state index contributed by atoms with van der Waals surface area (Å²) in [6.45, 7) is 0.950. The Kier molecular flexibility index (Phi) is 5.10. The zero-order valence-corrected chi connectivity index (χ0v) is 16.7. The molecule has 1 amide bonds. The number of nitrogens with zero attached hydrogens (tertiary/aromatic N) is 1. The lowest BCUT2D eigenvalue weighted by atomic mass is 10.0. The van der Waals surface area contributed by atoms with Gasteiger partial charge in [0.25, 0.3) is 5.91 Å². The smallest absolute Gasteiger partial charge is 0.257 e. The molecule has 1 atom stereocenters. The molecule has 0 N–H and O–H groups in total. The van der Waals surface area contributed by atoms with Gasteiger partial charge in [-0.3, -0.25) is 4.79 Å². The number of carbonyl (C=O) groups is 1. The summed E-state index contributed by atoms with van der Waals surface area (Å²) in [5.74, 6) is -0.927. The van der Waals surface area contributed by atoms with E-state index in [1.54, 1.807) is 29.2 Å². The Morgan fingerprint density at radius 2 is 1.72 bits per heavy atom. The number of ether oxygens (including phenoxy) is 1. The van der Waals surface area contributed by atoms with E-state index in [0.717, 1.165) is 22.6 Å². The third-order valence-electron chi connectivity index (χ3n) is 5.10. The zero-order valence-electron chi connectivity index (χ0n) is 15.8. The quantitative estimate of drug-likeness (QED) is 0.658. The molecule has 3 aromatic rings. The normalized spacial score (nSPS) is 17.4. The number of morpholine rings is 1. The van der Waals surface area contributed by atoms with E-state index in [0.29, 0.717) is 13.2 Å². The van der Waals surface area contributed by atoms with Crippen molar-refractivity contribution in [3.8, 4) is 0 Å². The van der Waals surface area contributed by atoms with Crippen molar-refractivity contribution in [3.05, 3.63) is 77.6 Å². The summed E-state index contributed by atoms with van der Waals surface area (Å²) in [7, 11) is -3.28. The van der Waals surface area contributed by atoms with E-state index in [1.807, 2.05) is 18.2 Å². The van der Waals surface area contributed by atoms with Crippen LogP contribution in [0.3, 0.4) is 0 Å². The first-order valence-corrected chi connectivity index (χ1v) is 11.1. The average Bonchev–Trinajstić information content (AvgIpc) is 2.72. The molecule has 0 radical (unpaired) electrons. The second kappa shape index (κ2) is 7.57. The van der Waals surface area contributed by atoms with Gasteiger partial charge in [-0.1, -0.05) is 36.4 Å². The molecule has 1 heterocycles. The molecule has 1 unspecified atom stereocenters. The third-order valence-corrected chi connectivity index (χ3v) is 6.23. The summed E-state index contributed by atoms with van der Waals surface area (Å²) in [5.41, 5.74) is 0.811. The van der Waals surface area contributed by atoms with Gasteiger partial charge in [-0.15, -0.1) is 0 Å². The summed E-state index contributed by atoms with van der Waals surface area (Å²) in [6.07, 6.45) is 0.752. The highest BCUT2D eigenvalue weighted by molar-refractivity contribution is 7.90. The topological polar surface area (TPSA) is 63.7 Å². The molecule has 0 aromatic heterocycles. The van der Waals surface area contributed by atoms with Gasteiger partial charge in [0.05, 0.1) is 23.6 Å². The fourth-order valence-corrected chi connectivity index (χ4v) is 4.14. The molecule has 0 saturated carbocycles. The maximum atomic E-state index is 14.6. The number of fused-ring (bicyclic) bond motifs is 1. The minimum atomic E-state index is -3.28. The van der Waals surface area contributed by atoms with Gasteiger partial charge in [-0.05, 0) is 40.6 Å². The Balaban J connectivity index is 1.57. The lowest BCUT2D eigenvalue weighted by Gasteiger charge is -2.33. The lowest BCUT2D eigenvalue weighted by Crippen LogP contribution is -2.42. The molecule has 3 aromatic carbocycles. The average molecular weight is 413 g/mol. The number of amides is 1. The van der Waals surface area contributed by atoms with Crippen LogP contribution in [0.4, 0.5) is 4.39 Å². The van der Waals surface area contributed by atoms with E-state index in [1.165, 1.54) is 18.2 Å². The Labute approximate surface area is 168 Å². The van der Waals surface area contributed by atoms with Gasteiger partial charge in [-0.2, -0.15) is 0 Å². The number of halogens is 1. The third kappa shape index (κ3) is 4.02. The van der Waals surface area contributed by atoms with Crippen LogP contribution in [0.25, 0.3) is 10.8 Å². The first kappa shape index (κ1) is 19.5. The molecule has 0 spiro atoms. The van der Waals surface area contributed by atoms with Gasteiger partial charge in [0, 0.05) is 12.8 Å².